The number of anilines is 1. The number of amides is 1. The van der Waals surface area contributed by atoms with E-state index in [0.29, 0.717) is 18.0 Å². The minimum absolute atomic E-state index is 0.0388. The molecular weight excluding hydrogens is 296 g/mol. The summed E-state index contributed by atoms with van der Waals surface area (Å²) in [6, 6.07) is 3.11. The van der Waals surface area contributed by atoms with E-state index in [1.807, 2.05) is 6.20 Å². The summed E-state index contributed by atoms with van der Waals surface area (Å²) in [5, 5.41) is 9.32. The Kier molecular flexibility index (Phi) is 4.65. The van der Waals surface area contributed by atoms with Crippen LogP contribution in [0.5, 0.6) is 0 Å². The van der Waals surface area contributed by atoms with E-state index in [0.717, 1.165) is 31.2 Å². The molecule has 0 unspecified atom stereocenters. The van der Waals surface area contributed by atoms with Crippen LogP contribution >= 0.6 is 0 Å². The summed E-state index contributed by atoms with van der Waals surface area (Å²) in [5.41, 5.74) is 1.46. The van der Waals surface area contributed by atoms with Gasteiger partial charge in [-0.2, -0.15) is 5.10 Å². The van der Waals surface area contributed by atoms with Crippen molar-refractivity contribution in [2.45, 2.75) is 25.7 Å². The first kappa shape index (κ1) is 15.2. The molecule has 1 fully saturated rings. The fraction of sp³-hybridized carbons (Fsp3) is 0.375. The van der Waals surface area contributed by atoms with Crippen LogP contribution in [0.15, 0.2) is 30.7 Å². The molecule has 0 saturated heterocycles. The Morgan fingerprint density at radius 3 is 3.00 bits per heavy atom. The maximum Gasteiger partial charge on any atom is 0.338 e. The Hall–Kier alpha value is -2.70. The standard InChI is InChI=1S/C16H18N4O3/c21-15(12-3-4-12)20-14-8-13(5-6-17-14)16(22)23-7-1-2-11-9-18-19-10-11/h5-6,8-10,12H,1-4,7H2,(H,18,19)(H,17,20,21). The zero-order valence-electron chi connectivity index (χ0n) is 12.6. The molecule has 0 aromatic carbocycles. The lowest BCUT2D eigenvalue weighted by molar-refractivity contribution is -0.117. The Balaban J connectivity index is 1.47. The molecule has 0 spiro atoms. The van der Waals surface area contributed by atoms with E-state index in [9.17, 15) is 9.59 Å². The van der Waals surface area contributed by atoms with E-state index in [1.165, 1.54) is 6.20 Å². The number of carbonyl (C=O) groups is 2. The number of aromatic nitrogens is 3. The van der Waals surface area contributed by atoms with Crippen LogP contribution in [0.25, 0.3) is 0 Å². The van der Waals surface area contributed by atoms with Gasteiger partial charge in [-0.15, -0.1) is 0 Å². The molecule has 0 atom stereocenters. The molecule has 2 aromatic heterocycles. The van der Waals surface area contributed by atoms with E-state index in [-0.39, 0.29) is 11.8 Å². The molecule has 2 aromatic rings. The first-order chi connectivity index (χ1) is 11.2. The predicted octanol–water partition coefficient (Wildman–Crippen LogP) is 1.94. The van der Waals surface area contributed by atoms with E-state index in [4.69, 9.17) is 4.74 Å². The van der Waals surface area contributed by atoms with Crippen LogP contribution in [-0.2, 0) is 16.0 Å². The second kappa shape index (κ2) is 7.04. The summed E-state index contributed by atoms with van der Waals surface area (Å²) in [7, 11) is 0. The molecule has 0 radical (unpaired) electrons. The Morgan fingerprint density at radius 2 is 2.26 bits per heavy atom. The lowest BCUT2D eigenvalue weighted by Crippen LogP contribution is -2.15. The van der Waals surface area contributed by atoms with Crippen molar-refractivity contribution in [1.82, 2.24) is 15.2 Å². The summed E-state index contributed by atoms with van der Waals surface area (Å²) < 4.78 is 5.24. The Bertz CT molecular complexity index is 680. The topological polar surface area (TPSA) is 97.0 Å². The summed E-state index contributed by atoms with van der Waals surface area (Å²) in [4.78, 5) is 27.8. The fourth-order valence-corrected chi connectivity index (χ4v) is 2.14. The van der Waals surface area contributed by atoms with Crippen molar-refractivity contribution in [2.75, 3.05) is 11.9 Å². The lowest BCUT2D eigenvalue weighted by atomic mass is 10.2. The van der Waals surface area contributed by atoms with Gasteiger partial charge in [-0.25, -0.2) is 9.78 Å². The number of esters is 1. The van der Waals surface area contributed by atoms with Crippen LogP contribution < -0.4 is 5.32 Å². The molecular formula is C16H18N4O3. The average Bonchev–Trinajstić information content (AvgIpc) is 3.29. The molecule has 1 aliphatic rings. The van der Waals surface area contributed by atoms with Gasteiger partial charge in [-0.3, -0.25) is 9.89 Å². The highest BCUT2D eigenvalue weighted by Gasteiger charge is 2.29. The third-order valence-corrected chi connectivity index (χ3v) is 3.59. The first-order valence-electron chi connectivity index (χ1n) is 7.64. The molecule has 1 saturated carbocycles. The normalized spacial score (nSPS) is 13.6. The zero-order chi connectivity index (χ0) is 16.1. The van der Waals surface area contributed by atoms with Gasteiger partial charge >= 0.3 is 5.97 Å². The van der Waals surface area contributed by atoms with E-state index >= 15 is 0 Å². The number of rotatable bonds is 7. The molecule has 120 valence electrons. The highest BCUT2D eigenvalue weighted by molar-refractivity contribution is 5.95. The number of pyridine rings is 1. The van der Waals surface area contributed by atoms with Gasteiger partial charge < -0.3 is 10.1 Å². The first-order valence-corrected chi connectivity index (χ1v) is 7.64. The largest absolute Gasteiger partial charge is 0.462 e. The highest BCUT2D eigenvalue weighted by atomic mass is 16.5. The maximum atomic E-state index is 12.0. The zero-order valence-corrected chi connectivity index (χ0v) is 12.6. The molecule has 1 amide bonds. The van der Waals surface area contributed by atoms with Gasteiger partial charge in [0.1, 0.15) is 5.82 Å². The van der Waals surface area contributed by atoms with Crippen molar-refractivity contribution < 1.29 is 14.3 Å². The van der Waals surface area contributed by atoms with Crippen LogP contribution in [0.1, 0.15) is 35.2 Å². The lowest BCUT2D eigenvalue weighted by Gasteiger charge is -2.07. The quantitative estimate of drug-likeness (QED) is 0.601. The van der Waals surface area contributed by atoms with Crippen molar-refractivity contribution in [2.24, 2.45) is 5.92 Å². The molecule has 7 heteroatoms. The summed E-state index contributed by atoms with van der Waals surface area (Å²) in [6.07, 6.45) is 8.42. The molecule has 1 aliphatic carbocycles. The number of hydrogen-bond donors (Lipinski definition) is 2. The van der Waals surface area contributed by atoms with Gasteiger partial charge in [0.15, 0.2) is 0 Å². The monoisotopic (exact) mass is 314 g/mol. The van der Waals surface area contributed by atoms with Crippen molar-refractivity contribution in [3.8, 4) is 0 Å². The van der Waals surface area contributed by atoms with Crippen molar-refractivity contribution in [3.05, 3.63) is 41.9 Å². The second-order valence-electron chi connectivity index (χ2n) is 5.54. The molecule has 3 rings (SSSR count). The summed E-state index contributed by atoms with van der Waals surface area (Å²) in [5.74, 6) is 0.0229. The van der Waals surface area contributed by atoms with Gasteiger partial charge in [0.2, 0.25) is 5.91 Å². The van der Waals surface area contributed by atoms with Crippen LogP contribution in [0.2, 0.25) is 0 Å². The molecule has 0 bridgehead atoms. The Labute approximate surface area is 133 Å². The number of hydrogen-bond acceptors (Lipinski definition) is 5. The minimum atomic E-state index is -0.415. The average molecular weight is 314 g/mol. The SMILES string of the molecule is O=C(OCCCc1cn[nH]c1)c1ccnc(NC(=O)C2CC2)c1. The van der Waals surface area contributed by atoms with Gasteiger partial charge in [-0.05, 0) is 43.4 Å². The summed E-state index contributed by atoms with van der Waals surface area (Å²) in [6.45, 7) is 0.329. The third kappa shape index (κ3) is 4.38. The van der Waals surface area contributed by atoms with Gasteiger partial charge in [0.05, 0.1) is 18.4 Å². The molecule has 0 aliphatic heterocycles. The summed E-state index contributed by atoms with van der Waals surface area (Å²) >= 11 is 0. The molecule has 7 nitrogen and oxygen atoms in total. The minimum Gasteiger partial charge on any atom is -0.462 e. The number of aromatic amines is 1. The third-order valence-electron chi connectivity index (χ3n) is 3.59. The van der Waals surface area contributed by atoms with Crippen LogP contribution in [0.4, 0.5) is 5.82 Å². The van der Waals surface area contributed by atoms with Crippen molar-refractivity contribution >= 4 is 17.7 Å². The smallest absolute Gasteiger partial charge is 0.338 e. The maximum absolute atomic E-state index is 12.0. The van der Waals surface area contributed by atoms with Gasteiger partial charge in [0.25, 0.3) is 0 Å². The number of nitrogens with one attached hydrogen (secondary N) is 2. The van der Waals surface area contributed by atoms with E-state index in [1.54, 1.807) is 18.3 Å². The van der Waals surface area contributed by atoms with Crippen LogP contribution in [0, 0.1) is 5.92 Å². The number of carbonyl (C=O) groups excluding carboxylic acids is 2. The van der Waals surface area contributed by atoms with Crippen molar-refractivity contribution in [3.63, 3.8) is 0 Å². The molecule has 23 heavy (non-hydrogen) atoms. The Morgan fingerprint density at radius 1 is 1.39 bits per heavy atom. The van der Waals surface area contributed by atoms with E-state index in [2.05, 4.69) is 20.5 Å². The molecule has 2 heterocycles. The van der Waals surface area contributed by atoms with Crippen LogP contribution in [-0.4, -0.2) is 33.7 Å². The van der Waals surface area contributed by atoms with Gasteiger partial charge in [-0.1, -0.05) is 0 Å². The van der Waals surface area contributed by atoms with Crippen molar-refractivity contribution in [1.29, 1.82) is 0 Å². The fourth-order valence-electron chi connectivity index (χ4n) is 2.14. The highest BCUT2D eigenvalue weighted by Crippen LogP contribution is 2.29. The number of H-pyrrole nitrogens is 1. The second-order valence-corrected chi connectivity index (χ2v) is 5.54. The van der Waals surface area contributed by atoms with Crippen LogP contribution in [0.3, 0.4) is 0 Å². The van der Waals surface area contributed by atoms with Gasteiger partial charge in [0, 0.05) is 18.3 Å². The predicted molar refractivity (Wildman–Crippen MR) is 82.8 cm³/mol. The number of ether oxygens (including phenoxy) is 1. The molecule has 2 N–H and O–H groups in total. The van der Waals surface area contributed by atoms with E-state index < -0.39 is 5.97 Å². The number of aryl methyl sites for hydroxylation is 1. The number of nitrogens with zero attached hydrogens (tertiary/aromatic N) is 2.